The Morgan fingerprint density at radius 1 is 1.27 bits per heavy atom. The Labute approximate surface area is 176 Å². The van der Waals surface area contributed by atoms with Crippen molar-refractivity contribution in [3.8, 4) is 18.2 Å². The maximum Gasteiger partial charge on any atom is 0.337 e. The quantitative estimate of drug-likeness (QED) is 0.607. The van der Waals surface area contributed by atoms with Gasteiger partial charge in [-0.25, -0.2) is 4.79 Å². The zero-order valence-corrected chi connectivity index (χ0v) is 17.1. The molecule has 7 heteroatoms. The fraction of sp³-hybridized carbons (Fsp3) is 0.391. The maximum atomic E-state index is 11.8. The average Bonchev–Trinajstić information content (AvgIpc) is 2.78. The van der Waals surface area contributed by atoms with Gasteiger partial charge in [0.05, 0.1) is 42.2 Å². The van der Waals surface area contributed by atoms with Gasteiger partial charge < -0.3 is 10.5 Å². The van der Waals surface area contributed by atoms with Crippen LogP contribution in [-0.2, 0) is 4.74 Å². The van der Waals surface area contributed by atoms with Gasteiger partial charge in [-0.2, -0.15) is 15.8 Å². The molecule has 0 saturated carbocycles. The van der Waals surface area contributed by atoms with Crippen molar-refractivity contribution in [3.63, 3.8) is 0 Å². The van der Waals surface area contributed by atoms with E-state index >= 15 is 0 Å². The molecule has 2 atom stereocenters. The van der Waals surface area contributed by atoms with Crippen molar-refractivity contribution in [3.05, 3.63) is 58.3 Å². The van der Waals surface area contributed by atoms with Gasteiger partial charge in [0.15, 0.2) is 0 Å². The van der Waals surface area contributed by atoms with Crippen LogP contribution in [0, 0.1) is 45.3 Å². The van der Waals surface area contributed by atoms with E-state index in [1.165, 1.54) is 7.11 Å². The summed E-state index contributed by atoms with van der Waals surface area (Å²) in [4.78, 5) is 14.0. The molecule has 0 bridgehead atoms. The first-order valence-corrected chi connectivity index (χ1v) is 9.81. The average molecular weight is 401 g/mol. The molecule has 0 amide bonds. The van der Waals surface area contributed by atoms with Crippen molar-refractivity contribution in [2.75, 3.05) is 26.7 Å². The van der Waals surface area contributed by atoms with Crippen LogP contribution in [0.2, 0.25) is 0 Å². The number of benzene rings is 1. The van der Waals surface area contributed by atoms with Crippen molar-refractivity contribution in [1.29, 1.82) is 15.8 Å². The molecule has 7 nitrogen and oxygen atoms in total. The Morgan fingerprint density at radius 2 is 1.93 bits per heavy atom. The SMILES string of the molecule is CCCN1CC=C2[C@H](C1)[C@@H](c1ccc(C(=O)OC)cc1)C(C#N)=C(N)C2(C#N)C#N. The Bertz CT molecular complexity index is 1020. The second-order valence-electron chi connectivity index (χ2n) is 7.53. The van der Waals surface area contributed by atoms with Crippen LogP contribution in [0.4, 0.5) is 0 Å². The van der Waals surface area contributed by atoms with Crippen LogP contribution in [0.25, 0.3) is 0 Å². The first kappa shape index (κ1) is 21.1. The van der Waals surface area contributed by atoms with Gasteiger partial charge in [0, 0.05) is 24.9 Å². The molecule has 30 heavy (non-hydrogen) atoms. The van der Waals surface area contributed by atoms with Gasteiger partial charge in [-0.05, 0) is 36.2 Å². The number of carbonyl (C=O) groups is 1. The number of nitrogens with zero attached hydrogens (tertiary/aromatic N) is 4. The zero-order chi connectivity index (χ0) is 21.9. The molecule has 1 aromatic carbocycles. The Kier molecular flexibility index (Phi) is 5.92. The van der Waals surface area contributed by atoms with Crippen molar-refractivity contribution in [1.82, 2.24) is 4.90 Å². The lowest BCUT2D eigenvalue weighted by Crippen LogP contribution is -2.47. The largest absolute Gasteiger partial charge is 0.465 e. The molecule has 2 aliphatic rings. The number of ether oxygens (including phenoxy) is 1. The minimum atomic E-state index is -1.63. The molecule has 1 heterocycles. The number of nitrogens with two attached hydrogens (primary N) is 1. The van der Waals surface area contributed by atoms with Crippen LogP contribution in [0.5, 0.6) is 0 Å². The van der Waals surface area contributed by atoms with Crippen molar-refractivity contribution in [2.45, 2.75) is 19.3 Å². The molecule has 0 unspecified atom stereocenters. The van der Waals surface area contributed by atoms with Crippen molar-refractivity contribution >= 4 is 5.97 Å². The number of esters is 1. The molecular weight excluding hydrogens is 378 g/mol. The molecule has 3 rings (SSSR count). The number of hydrogen-bond donors (Lipinski definition) is 1. The summed E-state index contributed by atoms with van der Waals surface area (Å²) in [6.45, 7) is 4.22. The van der Waals surface area contributed by atoms with Crippen LogP contribution < -0.4 is 5.73 Å². The summed E-state index contributed by atoms with van der Waals surface area (Å²) in [5, 5.41) is 29.8. The first-order valence-electron chi connectivity index (χ1n) is 9.81. The molecule has 0 spiro atoms. The third-order valence-corrected chi connectivity index (χ3v) is 5.95. The summed E-state index contributed by atoms with van der Waals surface area (Å²) in [6, 6.07) is 13.2. The number of hydrogen-bond acceptors (Lipinski definition) is 7. The summed E-state index contributed by atoms with van der Waals surface area (Å²) >= 11 is 0. The van der Waals surface area contributed by atoms with E-state index in [1.807, 2.05) is 6.08 Å². The highest BCUT2D eigenvalue weighted by molar-refractivity contribution is 5.89. The summed E-state index contributed by atoms with van der Waals surface area (Å²) < 4.78 is 4.76. The van der Waals surface area contributed by atoms with Crippen LogP contribution in [0.3, 0.4) is 0 Å². The van der Waals surface area contributed by atoms with Gasteiger partial charge in [0.1, 0.15) is 0 Å². The Morgan fingerprint density at radius 3 is 2.47 bits per heavy atom. The predicted octanol–water partition coefficient (Wildman–Crippen LogP) is 2.61. The summed E-state index contributed by atoms with van der Waals surface area (Å²) in [6.07, 6.45) is 2.90. The number of methoxy groups -OCH3 is 1. The number of carbonyl (C=O) groups excluding carboxylic acids is 1. The van der Waals surface area contributed by atoms with Crippen molar-refractivity contribution < 1.29 is 9.53 Å². The molecular formula is C23H23N5O2. The highest BCUT2D eigenvalue weighted by Gasteiger charge is 2.52. The van der Waals surface area contributed by atoms with E-state index in [4.69, 9.17) is 10.5 Å². The monoisotopic (exact) mass is 401 g/mol. The number of nitriles is 3. The van der Waals surface area contributed by atoms with Gasteiger partial charge in [-0.15, -0.1) is 0 Å². The maximum absolute atomic E-state index is 11.8. The first-order chi connectivity index (χ1) is 14.5. The van der Waals surface area contributed by atoms with Gasteiger partial charge >= 0.3 is 5.97 Å². The van der Waals surface area contributed by atoms with Gasteiger partial charge in [0.25, 0.3) is 0 Å². The third kappa shape index (κ3) is 3.22. The van der Waals surface area contributed by atoms with E-state index in [0.29, 0.717) is 24.2 Å². The standard InChI is InChI=1S/C23H23N5O2/c1-3-9-28-10-8-19-18(12-28)20(15-4-6-16(7-5-15)22(29)30-2)17(11-24)21(27)23(19,13-25)14-26/h4-8,18,20H,3,9-10,12,27H2,1-2H3/t18-,20-/m0/s1. The van der Waals surface area contributed by atoms with E-state index in [1.54, 1.807) is 24.3 Å². The van der Waals surface area contributed by atoms with Crippen LogP contribution in [-0.4, -0.2) is 37.6 Å². The van der Waals surface area contributed by atoms with E-state index < -0.39 is 17.3 Å². The number of fused-ring (bicyclic) bond motifs is 1. The second kappa shape index (κ2) is 8.41. The van der Waals surface area contributed by atoms with Crippen molar-refractivity contribution in [2.24, 2.45) is 17.1 Å². The Balaban J connectivity index is 2.19. The van der Waals surface area contributed by atoms with Gasteiger partial charge in [-0.3, -0.25) is 4.90 Å². The molecule has 152 valence electrons. The molecule has 1 aliphatic heterocycles. The predicted molar refractivity (Wildman–Crippen MR) is 109 cm³/mol. The molecule has 0 radical (unpaired) electrons. The highest BCUT2D eigenvalue weighted by atomic mass is 16.5. The minimum Gasteiger partial charge on any atom is -0.465 e. The fourth-order valence-electron chi connectivity index (χ4n) is 4.52. The summed E-state index contributed by atoms with van der Waals surface area (Å²) in [5.41, 5.74) is 6.79. The summed E-state index contributed by atoms with van der Waals surface area (Å²) in [7, 11) is 1.32. The Hall–Kier alpha value is -3.60. The lowest BCUT2D eigenvalue weighted by molar-refractivity contribution is 0.0600. The minimum absolute atomic E-state index is 0.00323. The normalized spacial score (nSPS) is 22.7. The van der Waals surface area contributed by atoms with Crippen LogP contribution in [0.15, 0.2) is 47.2 Å². The van der Waals surface area contributed by atoms with E-state index in [9.17, 15) is 20.6 Å². The summed E-state index contributed by atoms with van der Waals surface area (Å²) in [5.74, 6) is -1.08. The third-order valence-electron chi connectivity index (χ3n) is 5.95. The molecule has 1 aromatic rings. The topological polar surface area (TPSA) is 127 Å². The smallest absolute Gasteiger partial charge is 0.337 e. The molecule has 0 aromatic heterocycles. The number of allylic oxidation sites excluding steroid dienone is 2. The fourth-order valence-corrected chi connectivity index (χ4v) is 4.52. The van der Waals surface area contributed by atoms with Gasteiger partial charge in [-0.1, -0.05) is 25.1 Å². The zero-order valence-electron chi connectivity index (χ0n) is 17.1. The van der Waals surface area contributed by atoms with E-state index in [0.717, 1.165) is 18.5 Å². The van der Waals surface area contributed by atoms with Gasteiger partial charge in [0.2, 0.25) is 5.41 Å². The molecule has 0 fully saturated rings. The molecule has 0 saturated heterocycles. The lowest BCUT2D eigenvalue weighted by Gasteiger charge is -2.45. The number of rotatable bonds is 4. The van der Waals surface area contributed by atoms with E-state index in [2.05, 4.69) is 30.0 Å². The molecule has 1 aliphatic carbocycles. The van der Waals surface area contributed by atoms with Crippen LogP contribution in [0.1, 0.15) is 35.2 Å². The molecule has 2 N–H and O–H groups in total. The second-order valence-corrected chi connectivity index (χ2v) is 7.53. The van der Waals surface area contributed by atoms with E-state index in [-0.39, 0.29) is 17.2 Å². The van der Waals surface area contributed by atoms with Crippen LogP contribution >= 0.6 is 0 Å². The highest BCUT2D eigenvalue weighted by Crippen LogP contribution is 2.52. The lowest BCUT2D eigenvalue weighted by atomic mass is 9.60.